The maximum absolute atomic E-state index is 12.1. The predicted molar refractivity (Wildman–Crippen MR) is 85.3 cm³/mol. The number of esters is 1. The van der Waals surface area contributed by atoms with Gasteiger partial charge in [-0.25, -0.2) is 4.79 Å². The molecule has 118 valence electrons. The first-order chi connectivity index (χ1) is 10.6. The van der Waals surface area contributed by atoms with Crippen molar-refractivity contribution in [1.82, 2.24) is 4.90 Å². The fourth-order valence-electron chi connectivity index (χ4n) is 3.15. The average molecular weight is 367 g/mol. The molecular formula is C16H19BrN2O3. The second-order valence-corrected chi connectivity index (χ2v) is 6.88. The lowest BCUT2D eigenvalue weighted by Crippen LogP contribution is -2.42. The van der Waals surface area contributed by atoms with Crippen molar-refractivity contribution >= 4 is 27.9 Å². The van der Waals surface area contributed by atoms with E-state index >= 15 is 0 Å². The van der Waals surface area contributed by atoms with Crippen molar-refractivity contribution in [3.05, 3.63) is 34.3 Å². The third kappa shape index (κ3) is 3.27. The average Bonchev–Trinajstić information content (AvgIpc) is 3.15. The Hall–Kier alpha value is -1.56. The predicted octanol–water partition coefficient (Wildman–Crippen LogP) is 2.64. The summed E-state index contributed by atoms with van der Waals surface area (Å²) in [5.74, 6) is 0.0276. The SMILES string of the molecule is NC(=O)N1CCC[C@@H]1COC(=O)[C@H]1C[C@H]1c1cccc(Br)c1. The highest BCUT2D eigenvalue weighted by Gasteiger charge is 2.45. The van der Waals surface area contributed by atoms with Gasteiger partial charge in [-0.05, 0) is 42.9 Å². The minimum atomic E-state index is -0.433. The van der Waals surface area contributed by atoms with Crippen LogP contribution < -0.4 is 5.73 Å². The van der Waals surface area contributed by atoms with E-state index in [0.717, 1.165) is 29.3 Å². The Bertz CT molecular complexity index is 593. The highest BCUT2D eigenvalue weighted by molar-refractivity contribution is 9.10. The Balaban J connectivity index is 1.51. The van der Waals surface area contributed by atoms with E-state index < -0.39 is 6.03 Å². The maximum Gasteiger partial charge on any atom is 0.315 e. The van der Waals surface area contributed by atoms with Crippen molar-refractivity contribution in [1.29, 1.82) is 0 Å². The number of nitrogens with two attached hydrogens (primary N) is 1. The Kier molecular flexibility index (Phi) is 4.38. The number of hydrogen-bond acceptors (Lipinski definition) is 3. The molecule has 1 aliphatic heterocycles. The van der Waals surface area contributed by atoms with Crippen molar-refractivity contribution in [2.24, 2.45) is 11.7 Å². The van der Waals surface area contributed by atoms with E-state index in [9.17, 15) is 9.59 Å². The van der Waals surface area contributed by atoms with Crippen LogP contribution in [0.4, 0.5) is 4.79 Å². The summed E-state index contributed by atoms with van der Waals surface area (Å²) in [5.41, 5.74) is 6.48. The summed E-state index contributed by atoms with van der Waals surface area (Å²) in [6.45, 7) is 0.908. The lowest BCUT2D eigenvalue weighted by Gasteiger charge is -2.22. The van der Waals surface area contributed by atoms with Crippen LogP contribution in [-0.2, 0) is 9.53 Å². The van der Waals surface area contributed by atoms with Gasteiger partial charge in [-0.2, -0.15) is 0 Å². The van der Waals surface area contributed by atoms with E-state index in [2.05, 4.69) is 15.9 Å². The molecule has 5 nitrogen and oxygen atoms in total. The first-order valence-electron chi connectivity index (χ1n) is 7.54. The number of hydrogen-bond donors (Lipinski definition) is 1. The molecule has 2 N–H and O–H groups in total. The normalized spacial score (nSPS) is 26.8. The van der Waals surface area contributed by atoms with Crippen LogP contribution >= 0.6 is 15.9 Å². The number of primary amides is 1. The van der Waals surface area contributed by atoms with Gasteiger partial charge in [0.1, 0.15) is 6.61 Å². The van der Waals surface area contributed by atoms with Crippen LogP contribution in [0.1, 0.15) is 30.7 Å². The van der Waals surface area contributed by atoms with E-state index in [-0.39, 0.29) is 30.5 Å². The molecule has 1 aromatic rings. The molecule has 1 aliphatic carbocycles. The van der Waals surface area contributed by atoms with Crippen LogP contribution in [0.25, 0.3) is 0 Å². The van der Waals surface area contributed by atoms with Gasteiger partial charge in [0, 0.05) is 11.0 Å². The largest absolute Gasteiger partial charge is 0.463 e. The summed E-state index contributed by atoms with van der Waals surface area (Å²) in [7, 11) is 0. The fourth-order valence-corrected chi connectivity index (χ4v) is 3.56. The number of carbonyl (C=O) groups is 2. The van der Waals surface area contributed by atoms with Gasteiger partial charge in [0.05, 0.1) is 12.0 Å². The molecular weight excluding hydrogens is 348 g/mol. The number of carbonyl (C=O) groups excluding carboxylic acids is 2. The van der Waals surface area contributed by atoms with Gasteiger partial charge >= 0.3 is 12.0 Å². The third-order valence-electron chi connectivity index (χ3n) is 4.45. The highest BCUT2D eigenvalue weighted by Crippen LogP contribution is 2.48. The van der Waals surface area contributed by atoms with Crippen LogP contribution in [0.2, 0.25) is 0 Å². The zero-order valence-corrected chi connectivity index (χ0v) is 13.8. The molecule has 2 amide bonds. The summed E-state index contributed by atoms with van der Waals surface area (Å²) >= 11 is 3.45. The van der Waals surface area contributed by atoms with Crippen LogP contribution in [-0.4, -0.2) is 36.1 Å². The molecule has 0 radical (unpaired) electrons. The highest BCUT2D eigenvalue weighted by atomic mass is 79.9. The number of likely N-dealkylation sites (tertiary alicyclic amines) is 1. The molecule has 3 atom stereocenters. The van der Waals surface area contributed by atoms with Crippen molar-refractivity contribution in [3.8, 4) is 0 Å². The van der Waals surface area contributed by atoms with Crippen molar-refractivity contribution in [2.75, 3.05) is 13.2 Å². The Morgan fingerprint density at radius 2 is 2.23 bits per heavy atom. The lowest BCUT2D eigenvalue weighted by molar-refractivity contribution is -0.146. The number of ether oxygens (including phenoxy) is 1. The van der Waals surface area contributed by atoms with Crippen LogP contribution in [0.5, 0.6) is 0 Å². The topological polar surface area (TPSA) is 72.6 Å². The summed E-state index contributed by atoms with van der Waals surface area (Å²) in [4.78, 5) is 25.0. The Morgan fingerprint density at radius 1 is 1.41 bits per heavy atom. The smallest absolute Gasteiger partial charge is 0.315 e. The van der Waals surface area contributed by atoms with Gasteiger partial charge in [-0.1, -0.05) is 28.1 Å². The molecule has 22 heavy (non-hydrogen) atoms. The van der Waals surface area contributed by atoms with E-state index in [0.29, 0.717) is 6.54 Å². The fraction of sp³-hybridized carbons (Fsp3) is 0.500. The monoisotopic (exact) mass is 366 g/mol. The van der Waals surface area contributed by atoms with E-state index in [4.69, 9.17) is 10.5 Å². The zero-order valence-electron chi connectivity index (χ0n) is 12.2. The molecule has 2 aliphatic rings. The van der Waals surface area contributed by atoms with Crippen molar-refractivity contribution in [3.63, 3.8) is 0 Å². The number of halogens is 1. The number of rotatable bonds is 4. The summed E-state index contributed by atoms with van der Waals surface area (Å²) in [5, 5.41) is 0. The van der Waals surface area contributed by atoms with E-state index in [1.807, 2.05) is 24.3 Å². The van der Waals surface area contributed by atoms with Crippen molar-refractivity contribution in [2.45, 2.75) is 31.2 Å². The molecule has 1 saturated carbocycles. The zero-order chi connectivity index (χ0) is 15.7. The van der Waals surface area contributed by atoms with Gasteiger partial charge in [0.15, 0.2) is 0 Å². The minimum absolute atomic E-state index is 0.0577. The third-order valence-corrected chi connectivity index (χ3v) is 4.94. The number of nitrogens with zero attached hydrogens (tertiary/aromatic N) is 1. The van der Waals surface area contributed by atoms with Crippen LogP contribution in [0.15, 0.2) is 28.7 Å². The quantitative estimate of drug-likeness (QED) is 0.832. The number of amides is 2. The Morgan fingerprint density at radius 3 is 2.95 bits per heavy atom. The standard InChI is InChI=1S/C16H19BrN2O3/c17-11-4-1-3-10(7-11)13-8-14(13)15(20)22-9-12-5-2-6-19(12)16(18)21/h1,3-4,7,12-14H,2,5-6,8-9H2,(H2,18,21)/t12-,13+,14+/m1/s1. The molecule has 1 aromatic carbocycles. The first-order valence-corrected chi connectivity index (χ1v) is 8.33. The first kappa shape index (κ1) is 15.3. The van der Waals surface area contributed by atoms with Gasteiger partial charge < -0.3 is 15.4 Å². The lowest BCUT2D eigenvalue weighted by atomic mass is 10.1. The molecule has 0 spiro atoms. The molecule has 3 rings (SSSR count). The summed E-state index contributed by atoms with van der Waals surface area (Å²) < 4.78 is 6.43. The van der Waals surface area contributed by atoms with Crippen molar-refractivity contribution < 1.29 is 14.3 Å². The molecule has 0 aromatic heterocycles. The van der Waals surface area contributed by atoms with Gasteiger partial charge in [0.2, 0.25) is 0 Å². The van der Waals surface area contributed by atoms with Crippen LogP contribution in [0, 0.1) is 5.92 Å². The Labute approximate surface area is 137 Å². The maximum atomic E-state index is 12.1. The number of urea groups is 1. The van der Waals surface area contributed by atoms with Crippen LogP contribution in [0.3, 0.4) is 0 Å². The van der Waals surface area contributed by atoms with Gasteiger partial charge in [-0.15, -0.1) is 0 Å². The minimum Gasteiger partial charge on any atom is -0.463 e. The molecule has 6 heteroatoms. The van der Waals surface area contributed by atoms with Gasteiger partial charge in [-0.3, -0.25) is 4.79 Å². The summed E-state index contributed by atoms with van der Waals surface area (Å²) in [6, 6.07) is 7.53. The second-order valence-electron chi connectivity index (χ2n) is 5.96. The van der Waals surface area contributed by atoms with E-state index in [1.165, 1.54) is 0 Å². The molecule has 0 bridgehead atoms. The van der Waals surface area contributed by atoms with E-state index in [1.54, 1.807) is 4.90 Å². The van der Waals surface area contributed by atoms with Gasteiger partial charge in [0.25, 0.3) is 0 Å². The molecule has 1 saturated heterocycles. The molecule has 1 heterocycles. The molecule has 2 fully saturated rings. The molecule has 0 unspecified atom stereocenters. The number of benzene rings is 1. The second kappa shape index (κ2) is 6.28. The summed E-state index contributed by atoms with van der Waals surface area (Å²) in [6.07, 6.45) is 2.59.